The molecule has 0 aromatic carbocycles. The molecular formula is C10H5N4OS. The summed E-state index contributed by atoms with van der Waals surface area (Å²) in [6, 6.07) is 1.84. The van der Waals surface area contributed by atoms with Crippen LogP contribution in [-0.4, -0.2) is 20.3 Å². The molecule has 77 valence electrons. The van der Waals surface area contributed by atoms with Crippen molar-refractivity contribution in [2.24, 2.45) is 0 Å². The Kier molecular flexibility index (Phi) is 2.19. The Labute approximate surface area is 94.8 Å². The summed E-state index contributed by atoms with van der Waals surface area (Å²) in [4.78, 5) is 8.20. The van der Waals surface area contributed by atoms with Gasteiger partial charge in [0.25, 0.3) is 0 Å². The van der Waals surface area contributed by atoms with Gasteiger partial charge in [-0.3, -0.25) is 4.98 Å². The fourth-order valence-electron chi connectivity index (χ4n) is 1.36. The Morgan fingerprint density at radius 2 is 2.31 bits per heavy atom. The zero-order valence-electron chi connectivity index (χ0n) is 7.99. The van der Waals surface area contributed by atoms with E-state index in [0.29, 0.717) is 5.69 Å². The van der Waals surface area contributed by atoms with E-state index in [4.69, 9.17) is 4.52 Å². The average molecular weight is 229 g/mol. The highest BCUT2D eigenvalue weighted by Gasteiger charge is 2.12. The first-order valence-electron chi connectivity index (χ1n) is 4.49. The van der Waals surface area contributed by atoms with Crippen LogP contribution in [0.4, 0.5) is 0 Å². The summed E-state index contributed by atoms with van der Waals surface area (Å²) in [5.74, 6) is 0. The number of hydrogen-bond donors (Lipinski definition) is 0. The van der Waals surface area contributed by atoms with Gasteiger partial charge in [-0.05, 0) is 6.07 Å². The van der Waals surface area contributed by atoms with E-state index in [0.717, 1.165) is 16.1 Å². The Balaban J connectivity index is 2.19. The van der Waals surface area contributed by atoms with E-state index < -0.39 is 0 Å². The van der Waals surface area contributed by atoms with E-state index in [1.807, 2.05) is 11.4 Å². The maximum atomic E-state index is 4.73. The zero-order valence-corrected chi connectivity index (χ0v) is 8.81. The molecule has 0 unspecified atom stereocenters. The van der Waals surface area contributed by atoms with Gasteiger partial charge in [-0.15, -0.1) is 16.4 Å². The van der Waals surface area contributed by atoms with Crippen LogP contribution >= 0.6 is 11.3 Å². The lowest BCUT2D eigenvalue weighted by atomic mass is 10.1. The second kappa shape index (κ2) is 3.82. The molecule has 1 radical (unpaired) electrons. The van der Waals surface area contributed by atoms with Crippen molar-refractivity contribution in [3.05, 3.63) is 36.3 Å². The van der Waals surface area contributed by atoms with Gasteiger partial charge in [0.15, 0.2) is 6.26 Å². The Morgan fingerprint density at radius 3 is 3.06 bits per heavy atom. The molecule has 5 nitrogen and oxygen atoms in total. The largest absolute Gasteiger partial charge is 0.345 e. The number of thiazole rings is 1. The minimum Gasteiger partial charge on any atom is -0.345 e. The van der Waals surface area contributed by atoms with Crippen molar-refractivity contribution in [2.45, 2.75) is 0 Å². The maximum Gasteiger partial charge on any atom is 0.152 e. The van der Waals surface area contributed by atoms with Gasteiger partial charge >= 0.3 is 0 Å². The quantitative estimate of drug-likeness (QED) is 0.673. The van der Waals surface area contributed by atoms with E-state index in [-0.39, 0.29) is 0 Å². The van der Waals surface area contributed by atoms with Crippen LogP contribution in [0.25, 0.3) is 21.8 Å². The van der Waals surface area contributed by atoms with Crippen LogP contribution in [0.2, 0.25) is 0 Å². The Bertz CT molecular complexity index is 523. The van der Waals surface area contributed by atoms with Crippen molar-refractivity contribution in [2.75, 3.05) is 0 Å². The average Bonchev–Trinajstić information content (AvgIpc) is 3.03. The fraction of sp³-hybridized carbons (Fsp3) is 0. The van der Waals surface area contributed by atoms with Gasteiger partial charge in [0.1, 0.15) is 16.9 Å². The first kappa shape index (κ1) is 9.17. The monoisotopic (exact) mass is 229 g/mol. The van der Waals surface area contributed by atoms with E-state index in [2.05, 4.69) is 26.5 Å². The second-order valence-electron chi connectivity index (χ2n) is 2.97. The molecule has 0 fully saturated rings. The third-order valence-electron chi connectivity index (χ3n) is 2.04. The molecule has 0 N–H and O–H groups in total. The highest BCUT2D eigenvalue weighted by atomic mass is 32.1. The van der Waals surface area contributed by atoms with Crippen LogP contribution in [0.15, 0.2) is 34.6 Å². The van der Waals surface area contributed by atoms with Crippen molar-refractivity contribution in [1.29, 1.82) is 0 Å². The third kappa shape index (κ3) is 1.49. The summed E-state index contributed by atoms with van der Waals surface area (Å²) in [5, 5.41) is 10.1. The minimum absolute atomic E-state index is 0.656. The Hall–Kier alpha value is -2.08. The molecule has 0 atom stereocenters. The number of hydrogen-bond acceptors (Lipinski definition) is 6. The van der Waals surface area contributed by atoms with Gasteiger partial charge in [0.2, 0.25) is 0 Å². The molecule has 0 aliphatic carbocycles. The minimum atomic E-state index is 0.656. The van der Waals surface area contributed by atoms with Crippen molar-refractivity contribution < 1.29 is 4.52 Å². The summed E-state index contributed by atoms with van der Waals surface area (Å²) in [5.41, 5.74) is 2.34. The number of aromatic nitrogens is 4. The predicted molar refractivity (Wildman–Crippen MR) is 57.5 cm³/mol. The molecule has 3 aromatic rings. The molecule has 0 amide bonds. The first-order chi connectivity index (χ1) is 7.95. The van der Waals surface area contributed by atoms with Crippen LogP contribution in [0.5, 0.6) is 0 Å². The molecule has 0 saturated carbocycles. The lowest BCUT2D eigenvalue weighted by Gasteiger charge is -2.00. The molecular weight excluding hydrogens is 224 g/mol. The van der Waals surface area contributed by atoms with Gasteiger partial charge in [-0.2, -0.15) is 0 Å². The zero-order chi connectivity index (χ0) is 10.8. The molecule has 0 bridgehead atoms. The smallest absolute Gasteiger partial charge is 0.152 e. The second-order valence-corrected chi connectivity index (χ2v) is 3.87. The molecule has 0 aliphatic rings. The van der Waals surface area contributed by atoms with Crippen LogP contribution in [0.1, 0.15) is 0 Å². The van der Waals surface area contributed by atoms with Crippen molar-refractivity contribution >= 4 is 11.3 Å². The fourth-order valence-corrected chi connectivity index (χ4v) is 2.01. The highest BCUT2D eigenvalue weighted by Crippen LogP contribution is 2.30. The van der Waals surface area contributed by atoms with Gasteiger partial charge in [0.05, 0.1) is 0 Å². The van der Waals surface area contributed by atoms with Crippen molar-refractivity contribution in [3.8, 4) is 21.8 Å². The molecule has 3 aromatic heterocycles. The van der Waals surface area contributed by atoms with Gasteiger partial charge in [-0.25, -0.2) is 4.98 Å². The van der Waals surface area contributed by atoms with Crippen molar-refractivity contribution in [1.82, 2.24) is 20.3 Å². The van der Waals surface area contributed by atoms with Gasteiger partial charge < -0.3 is 4.52 Å². The summed E-state index contributed by atoms with van der Waals surface area (Å²) in [7, 11) is 0. The van der Waals surface area contributed by atoms with E-state index in [1.165, 1.54) is 17.6 Å². The van der Waals surface area contributed by atoms with E-state index >= 15 is 0 Å². The normalized spacial score (nSPS) is 10.5. The molecule has 6 heteroatoms. The molecule has 0 saturated heterocycles. The topological polar surface area (TPSA) is 64.7 Å². The maximum absolute atomic E-state index is 4.73. The number of pyridine rings is 1. The predicted octanol–water partition coefficient (Wildman–Crippen LogP) is 2.06. The van der Waals surface area contributed by atoms with E-state index in [1.54, 1.807) is 12.4 Å². The molecule has 16 heavy (non-hydrogen) atoms. The lowest BCUT2D eigenvalue weighted by Crippen LogP contribution is -1.86. The van der Waals surface area contributed by atoms with Crippen LogP contribution in [0.3, 0.4) is 0 Å². The molecule has 0 spiro atoms. The number of nitrogens with zero attached hydrogens (tertiary/aromatic N) is 4. The number of rotatable bonds is 2. The third-order valence-corrected chi connectivity index (χ3v) is 2.83. The highest BCUT2D eigenvalue weighted by molar-refractivity contribution is 7.13. The van der Waals surface area contributed by atoms with Crippen molar-refractivity contribution in [3.63, 3.8) is 0 Å². The van der Waals surface area contributed by atoms with Crippen LogP contribution in [0, 0.1) is 6.20 Å². The summed E-state index contributed by atoms with van der Waals surface area (Å²) < 4.78 is 4.73. The Morgan fingerprint density at radius 1 is 1.31 bits per heavy atom. The summed E-state index contributed by atoms with van der Waals surface area (Å²) in [6.45, 7) is 0. The SMILES string of the molecule is [c]1nccc(-c2conn2)c1-c1nccs1. The standard InChI is InChI=1S/C10H5N4OS/c1-2-11-5-8(10-12-3-4-16-10)7(1)9-6-15-14-13-9/h1-4,6H. The van der Waals surface area contributed by atoms with Crippen LogP contribution in [-0.2, 0) is 0 Å². The molecule has 3 rings (SSSR count). The molecule has 3 heterocycles. The summed E-state index contributed by atoms with van der Waals surface area (Å²) in [6.07, 6.45) is 7.80. The van der Waals surface area contributed by atoms with E-state index in [9.17, 15) is 0 Å². The van der Waals surface area contributed by atoms with Crippen LogP contribution < -0.4 is 0 Å². The van der Waals surface area contributed by atoms with Gasteiger partial charge in [0, 0.05) is 34.2 Å². The lowest BCUT2D eigenvalue weighted by molar-refractivity contribution is 0.393. The van der Waals surface area contributed by atoms with Gasteiger partial charge in [-0.1, -0.05) is 0 Å². The first-order valence-corrected chi connectivity index (χ1v) is 5.37. The summed E-state index contributed by atoms with van der Waals surface area (Å²) >= 11 is 1.53. The molecule has 0 aliphatic heterocycles.